The maximum atomic E-state index is 12.1. The number of fused-ring (bicyclic) bond motifs is 7. The van der Waals surface area contributed by atoms with Crippen molar-refractivity contribution in [2.45, 2.75) is 189 Å². The predicted octanol–water partition coefficient (Wildman–Crippen LogP) is -1.47. The molecule has 4 saturated heterocycles. The minimum Gasteiger partial charge on any atom is -0.394 e. The van der Waals surface area contributed by atoms with Gasteiger partial charge in [-0.15, -0.1) is 0 Å². The fourth-order valence-electron chi connectivity index (χ4n) is 13.4. The molecule has 0 aromatic heterocycles. The molecule has 11 N–H and O–H groups in total. The molecule has 0 aromatic rings. The molecule has 0 radical (unpaired) electrons. The Morgan fingerprint density at radius 2 is 1.58 bits per heavy atom. The Morgan fingerprint density at radius 1 is 0.879 bits per heavy atom. The van der Waals surface area contributed by atoms with Crippen molar-refractivity contribution < 1.29 is 101 Å². The molecule has 0 bridgehead atoms. The number of ether oxygens (including phenoxy) is 7. The zero-order valence-electron chi connectivity index (χ0n) is 37.7. The topological polar surface area (TPSA) is 331 Å². The molecule has 4 heterocycles. The highest BCUT2D eigenvalue weighted by Crippen LogP contribution is 2.70. The second-order valence-electron chi connectivity index (χ2n) is 20.7. The molecule has 0 unspecified atom stereocenters. The van der Waals surface area contributed by atoms with Crippen molar-refractivity contribution in [1.82, 2.24) is 0 Å². The van der Waals surface area contributed by atoms with Crippen LogP contribution in [0.25, 0.3) is 0 Å². The van der Waals surface area contributed by atoms with E-state index in [-0.39, 0.29) is 73.6 Å². The van der Waals surface area contributed by atoms with Crippen LogP contribution in [0.3, 0.4) is 0 Å². The second-order valence-corrected chi connectivity index (χ2v) is 21.8. The lowest BCUT2D eigenvalue weighted by molar-refractivity contribution is -0.362. The molecule has 0 aromatic carbocycles. The normalized spacial score (nSPS) is 52.7. The highest BCUT2D eigenvalue weighted by Gasteiger charge is 2.69. The lowest BCUT2D eigenvalue weighted by atomic mass is 9.46. The molecule has 0 spiro atoms. The van der Waals surface area contributed by atoms with Gasteiger partial charge >= 0.3 is 10.4 Å². The van der Waals surface area contributed by atoms with Gasteiger partial charge in [-0.2, -0.15) is 8.42 Å². The van der Waals surface area contributed by atoms with Crippen LogP contribution >= 0.6 is 0 Å². The lowest BCUT2D eigenvalue weighted by Crippen LogP contribution is -2.63. The van der Waals surface area contributed by atoms with Gasteiger partial charge in [0.2, 0.25) is 0 Å². The van der Waals surface area contributed by atoms with Gasteiger partial charge in [0.25, 0.3) is 0 Å². The van der Waals surface area contributed by atoms with Gasteiger partial charge in [-0.25, -0.2) is 4.18 Å². The van der Waals surface area contributed by atoms with E-state index in [0.717, 1.165) is 18.4 Å². The summed E-state index contributed by atoms with van der Waals surface area (Å²) in [4.78, 5) is 0. The minimum atomic E-state index is -4.88. The highest BCUT2D eigenvalue weighted by molar-refractivity contribution is 7.80. The van der Waals surface area contributed by atoms with Crippen molar-refractivity contribution in [2.24, 2.45) is 40.4 Å². The van der Waals surface area contributed by atoms with Crippen LogP contribution in [0.5, 0.6) is 0 Å². The maximum Gasteiger partial charge on any atom is 0.397 e. The molecule has 66 heavy (non-hydrogen) atoms. The standard InChI is InChI=1S/C44H70O21S/c1-18(16-58-39-36(52)35(51)33(49)28(15-45)61-39)8-11-44(54)19(2)30-27(64-44)14-25-23-7-6-21-12-22(65-66(55,56)57)13-29(43(21,5)24(23)9-10-42(25,30)4)62-41-38(32(48)26(46)17-59-41)63-40-37(53)34(50)31(47)20(3)60-40/h6,19-20,22-41,45-54H,1,7-17H2,2-5H3,(H,55,56,57)/t19-,20-,22+,23+,24-,25-,26-,27-,28+,29+,30-,31-,32-,33+,34+,35-,36+,37+,38+,39+,40-,41-,42-,43-,44+/m0/s1. The average Bonchev–Trinajstić information content (AvgIpc) is 3.70. The molecule has 4 aliphatic carbocycles. The first kappa shape index (κ1) is 51.0. The van der Waals surface area contributed by atoms with Gasteiger partial charge in [0.05, 0.1) is 44.2 Å². The molecule has 25 atom stereocenters. The van der Waals surface area contributed by atoms with E-state index in [0.29, 0.717) is 24.8 Å². The summed E-state index contributed by atoms with van der Waals surface area (Å²) in [7, 11) is -4.88. The number of rotatable bonds is 13. The Bertz CT molecular complexity index is 1890. The Kier molecular flexibility index (Phi) is 14.7. The molecule has 8 aliphatic rings. The number of aliphatic hydroxyl groups excluding tert-OH is 9. The second kappa shape index (κ2) is 19.0. The van der Waals surface area contributed by atoms with Gasteiger partial charge in [0, 0.05) is 24.2 Å². The highest BCUT2D eigenvalue weighted by atomic mass is 32.3. The van der Waals surface area contributed by atoms with Crippen molar-refractivity contribution in [2.75, 3.05) is 19.8 Å². The number of aliphatic hydroxyl groups is 10. The van der Waals surface area contributed by atoms with Gasteiger partial charge < -0.3 is 84.2 Å². The van der Waals surface area contributed by atoms with Gasteiger partial charge in [0.15, 0.2) is 24.7 Å². The third kappa shape index (κ3) is 9.12. The zero-order valence-corrected chi connectivity index (χ0v) is 38.5. The minimum absolute atomic E-state index is 0.00243. The van der Waals surface area contributed by atoms with Gasteiger partial charge in [-0.1, -0.05) is 44.6 Å². The molecular weight excluding hydrogens is 897 g/mol. The Labute approximate surface area is 384 Å². The van der Waals surface area contributed by atoms with E-state index in [9.17, 15) is 64.0 Å². The molecule has 0 amide bonds. The van der Waals surface area contributed by atoms with Crippen LogP contribution in [0.2, 0.25) is 0 Å². The Morgan fingerprint density at radius 3 is 2.27 bits per heavy atom. The third-order valence-electron chi connectivity index (χ3n) is 17.0. The van der Waals surface area contributed by atoms with E-state index in [4.69, 9.17) is 37.3 Å². The van der Waals surface area contributed by atoms with Gasteiger partial charge in [-0.3, -0.25) is 4.55 Å². The Balaban J connectivity index is 0.974. The summed E-state index contributed by atoms with van der Waals surface area (Å²) in [5.41, 5.74) is 0.428. The molecule has 3 saturated carbocycles. The van der Waals surface area contributed by atoms with Crippen LogP contribution in [0, 0.1) is 40.4 Å². The van der Waals surface area contributed by atoms with E-state index >= 15 is 0 Å². The summed E-state index contributed by atoms with van der Waals surface area (Å²) in [5.74, 6) is -1.53. The van der Waals surface area contributed by atoms with Crippen LogP contribution in [-0.4, -0.2) is 194 Å². The molecule has 21 nitrogen and oxygen atoms in total. The largest absolute Gasteiger partial charge is 0.397 e. The number of allylic oxidation sites excluding steroid dienone is 1. The first-order valence-electron chi connectivity index (χ1n) is 23.2. The van der Waals surface area contributed by atoms with Crippen LogP contribution < -0.4 is 0 Å². The van der Waals surface area contributed by atoms with Crippen LogP contribution in [0.1, 0.15) is 79.1 Å². The number of hydrogen-bond acceptors (Lipinski definition) is 20. The third-order valence-corrected chi connectivity index (χ3v) is 17.6. The fraction of sp³-hybridized carbons (Fsp3) is 0.909. The summed E-state index contributed by atoms with van der Waals surface area (Å²) in [6.07, 6.45) is -16.9. The van der Waals surface area contributed by atoms with Gasteiger partial charge in [-0.05, 0) is 74.5 Å². The van der Waals surface area contributed by atoms with Gasteiger partial charge in [0.1, 0.15) is 61.0 Å². The first-order chi connectivity index (χ1) is 30.9. The van der Waals surface area contributed by atoms with E-state index in [1.165, 1.54) is 6.92 Å². The van der Waals surface area contributed by atoms with Crippen LogP contribution in [-0.2, 0) is 47.7 Å². The predicted molar refractivity (Wildman–Crippen MR) is 223 cm³/mol. The smallest absolute Gasteiger partial charge is 0.394 e. The monoisotopic (exact) mass is 966 g/mol. The van der Waals surface area contributed by atoms with E-state index in [1.54, 1.807) is 0 Å². The number of hydrogen-bond donors (Lipinski definition) is 11. The molecular formula is C44H70O21S. The van der Waals surface area contributed by atoms with E-state index < -0.39 is 126 Å². The molecule has 4 aliphatic heterocycles. The van der Waals surface area contributed by atoms with Crippen molar-refractivity contribution in [3.8, 4) is 0 Å². The quantitative estimate of drug-likeness (QED) is 0.0741. The molecule has 22 heteroatoms. The van der Waals surface area contributed by atoms with Crippen molar-refractivity contribution >= 4 is 10.4 Å². The summed E-state index contributed by atoms with van der Waals surface area (Å²) in [5, 5.41) is 106. The summed E-state index contributed by atoms with van der Waals surface area (Å²) >= 11 is 0. The van der Waals surface area contributed by atoms with E-state index in [1.807, 2.05) is 6.92 Å². The van der Waals surface area contributed by atoms with E-state index in [2.05, 4.69) is 26.5 Å². The molecule has 7 fully saturated rings. The summed E-state index contributed by atoms with van der Waals surface area (Å²) in [6, 6.07) is 0. The van der Waals surface area contributed by atoms with Crippen molar-refractivity contribution in [3.05, 3.63) is 23.8 Å². The first-order valence-corrected chi connectivity index (χ1v) is 24.6. The molecule has 8 rings (SSSR count). The maximum absolute atomic E-state index is 12.1. The molecule has 378 valence electrons. The Hall–Kier alpha value is -1.33. The van der Waals surface area contributed by atoms with Crippen molar-refractivity contribution in [1.29, 1.82) is 0 Å². The lowest BCUT2D eigenvalue weighted by Gasteiger charge is -2.60. The fourth-order valence-corrected chi connectivity index (χ4v) is 13.9. The van der Waals surface area contributed by atoms with Crippen molar-refractivity contribution in [3.63, 3.8) is 0 Å². The summed E-state index contributed by atoms with van der Waals surface area (Å²) < 4.78 is 81.2. The average molecular weight is 967 g/mol. The summed E-state index contributed by atoms with van der Waals surface area (Å²) in [6.45, 7) is 10.8. The van der Waals surface area contributed by atoms with Crippen LogP contribution in [0.4, 0.5) is 0 Å². The van der Waals surface area contributed by atoms with Crippen LogP contribution in [0.15, 0.2) is 23.8 Å². The SMILES string of the molecule is C=C(CC[C@@]1(O)O[C@H]2C[C@H]3[C@@H]4CC=C5C[C@@H](OS(=O)(=O)O)C[C@@H](O[C@@H]6OC[C@H](O)[C@H](O)[C@H]6O[C@@H]6O[C@@H](C)[C@H](O)[C@@H](O)[C@H]6O)[C@]5(C)[C@H]4CC[C@]3(C)[C@H]2[C@@H]1C)CO[C@@H]1O[C@H](CO)[C@@H](O)[C@H](O)[C@H]1O. The zero-order chi connectivity index (χ0) is 48.0.